The minimum absolute atomic E-state index is 0.552. The second kappa shape index (κ2) is 7.21. The smallest absolute Gasteiger partial charge is 0.0829 e. The van der Waals surface area contributed by atoms with Gasteiger partial charge in [0.25, 0.3) is 0 Å². The molecule has 1 aliphatic rings. The molecule has 0 aromatic carbocycles. The Bertz CT molecular complexity index is 391. The standard InChI is InChI=1S/C16H30N4/c1-5-14(4)11-19-8-6-16(7-9-19)20-12-15(17-18-20)10-13(2)3/h12-14,16H,5-11H2,1-4H3/t14-/m1/s1. The van der Waals surface area contributed by atoms with Gasteiger partial charge in [-0.05, 0) is 31.1 Å². The first kappa shape index (κ1) is 15.5. The summed E-state index contributed by atoms with van der Waals surface area (Å²) in [5.74, 6) is 1.47. The molecule has 0 saturated carbocycles. The summed E-state index contributed by atoms with van der Waals surface area (Å²) in [6.45, 7) is 12.7. The zero-order valence-corrected chi connectivity index (χ0v) is 13.5. The van der Waals surface area contributed by atoms with E-state index in [9.17, 15) is 0 Å². The van der Waals surface area contributed by atoms with Crippen LogP contribution in [-0.4, -0.2) is 39.5 Å². The van der Waals surface area contributed by atoms with Crippen LogP contribution < -0.4 is 0 Å². The summed E-state index contributed by atoms with van der Waals surface area (Å²) < 4.78 is 2.11. The third kappa shape index (κ3) is 4.30. The number of aromatic nitrogens is 3. The summed E-state index contributed by atoms with van der Waals surface area (Å²) in [5.41, 5.74) is 1.14. The van der Waals surface area contributed by atoms with E-state index in [1.807, 2.05) is 0 Å². The number of rotatable bonds is 6. The second-order valence-electron chi connectivity index (χ2n) is 6.83. The highest BCUT2D eigenvalue weighted by Crippen LogP contribution is 2.23. The molecule has 4 nitrogen and oxygen atoms in total. The molecule has 0 radical (unpaired) electrons. The van der Waals surface area contributed by atoms with Crippen molar-refractivity contribution in [1.29, 1.82) is 0 Å². The zero-order chi connectivity index (χ0) is 14.5. The molecule has 2 heterocycles. The van der Waals surface area contributed by atoms with Gasteiger partial charge in [0.05, 0.1) is 11.7 Å². The minimum atomic E-state index is 0.552. The van der Waals surface area contributed by atoms with E-state index < -0.39 is 0 Å². The Morgan fingerprint density at radius 2 is 1.95 bits per heavy atom. The average Bonchev–Trinajstić information content (AvgIpc) is 2.87. The van der Waals surface area contributed by atoms with E-state index in [0.717, 1.165) is 18.0 Å². The Balaban J connectivity index is 1.82. The first-order chi connectivity index (χ1) is 9.58. The van der Waals surface area contributed by atoms with Crippen LogP contribution in [0.5, 0.6) is 0 Å². The van der Waals surface area contributed by atoms with Crippen LogP contribution >= 0.6 is 0 Å². The second-order valence-corrected chi connectivity index (χ2v) is 6.83. The topological polar surface area (TPSA) is 34.0 Å². The van der Waals surface area contributed by atoms with Gasteiger partial charge in [-0.1, -0.05) is 39.3 Å². The van der Waals surface area contributed by atoms with Gasteiger partial charge < -0.3 is 4.90 Å². The van der Waals surface area contributed by atoms with Crippen molar-refractivity contribution in [2.75, 3.05) is 19.6 Å². The highest BCUT2D eigenvalue weighted by Gasteiger charge is 2.22. The van der Waals surface area contributed by atoms with Crippen LogP contribution in [0.25, 0.3) is 0 Å². The molecule has 0 bridgehead atoms. The lowest BCUT2D eigenvalue weighted by atomic mass is 10.0. The summed E-state index contributed by atoms with van der Waals surface area (Å²) in [6.07, 6.45) is 6.89. The summed E-state index contributed by atoms with van der Waals surface area (Å²) in [4.78, 5) is 2.61. The Labute approximate surface area is 123 Å². The number of hydrogen-bond donors (Lipinski definition) is 0. The summed E-state index contributed by atoms with van der Waals surface area (Å²) in [6, 6.07) is 0.552. The maximum Gasteiger partial charge on any atom is 0.0829 e. The molecule has 1 aromatic rings. The monoisotopic (exact) mass is 278 g/mol. The molecule has 0 aliphatic carbocycles. The summed E-state index contributed by atoms with van der Waals surface area (Å²) in [7, 11) is 0. The van der Waals surface area contributed by atoms with Gasteiger partial charge >= 0.3 is 0 Å². The van der Waals surface area contributed by atoms with E-state index in [-0.39, 0.29) is 0 Å². The molecule has 0 unspecified atom stereocenters. The molecular weight excluding hydrogens is 248 g/mol. The van der Waals surface area contributed by atoms with Crippen LogP contribution in [0.3, 0.4) is 0 Å². The third-order valence-electron chi connectivity index (χ3n) is 4.37. The molecule has 2 rings (SSSR count). The predicted molar refractivity (Wildman–Crippen MR) is 82.7 cm³/mol. The van der Waals surface area contributed by atoms with E-state index in [4.69, 9.17) is 0 Å². The molecule has 20 heavy (non-hydrogen) atoms. The molecule has 1 fully saturated rings. The number of nitrogens with zero attached hydrogens (tertiary/aromatic N) is 4. The first-order valence-electron chi connectivity index (χ1n) is 8.21. The normalized spacial score (nSPS) is 19.6. The molecule has 0 N–H and O–H groups in total. The first-order valence-corrected chi connectivity index (χ1v) is 8.21. The fourth-order valence-electron chi connectivity index (χ4n) is 2.94. The lowest BCUT2D eigenvalue weighted by Gasteiger charge is -2.33. The van der Waals surface area contributed by atoms with Crippen molar-refractivity contribution in [3.8, 4) is 0 Å². The number of likely N-dealkylation sites (tertiary alicyclic amines) is 1. The highest BCUT2D eigenvalue weighted by atomic mass is 15.4. The Morgan fingerprint density at radius 3 is 2.55 bits per heavy atom. The van der Waals surface area contributed by atoms with Gasteiger partial charge in [-0.25, -0.2) is 4.68 Å². The van der Waals surface area contributed by atoms with Crippen molar-refractivity contribution in [3.05, 3.63) is 11.9 Å². The van der Waals surface area contributed by atoms with Gasteiger partial charge in [-0.15, -0.1) is 5.10 Å². The van der Waals surface area contributed by atoms with Crippen molar-refractivity contribution in [2.45, 2.75) is 59.4 Å². The number of piperidine rings is 1. The Hall–Kier alpha value is -0.900. The lowest BCUT2D eigenvalue weighted by Crippen LogP contribution is -2.37. The Morgan fingerprint density at radius 1 is 1.25 bits per heavy atom. The minimum Gasteiger partial charge on any atom is -0.303 e. The van der Waals surface area contributed by atoms with Crippen molar-refractivity contribution >= 4 is 0 Å². The lowest BCUT2D eigenvalue weighted by molar-refractivity contribution is 0.159. The molecule has 4 heteroatoms. The summed E-state index contributed by atoms with van der Waals surface area (Å²) in [5, 5.41) is 8.65. The quantitative estimate of drug-likeness (QED) is 0.801. The van der Waals surface area contributed by atoms with E-state index in [1.165, 1.54) is 38.9 Å². The van der Waals surface area contributed by atoms with Crippen molar-refractivity contribution < 1.29 is 0 Å². The highest BCUT2D eigenvalue weighted by molar-refractivity contribution is 4.95. The maximum atomic E-state index is 4.34. The van der Waals surface area contributed by atoms with Crippen molar-refractivity contribution in [2.24, 2.45) is 11.8 Å². The van der Waals surface area contributed by atoms with E-state index in [1.54, 1.807) is 0 Å². The molecular formula is C16H30N4. The van der Waals surface area contributed by atoms with Crippen LogP contribution in [0.4, 0.5) is 0 Å². The molecule has 1 atom stereocenters. The third-order valence-corrected chi connectivity index (χ3v) is 4.37. The summed E-state index contributed by atoms with van der Waals surface area (Å²) >= 11 is 0. The van der Waals surface area contributed by atoms with Gasteiger partial charge in [0, 0.05) is 25.8 Å². The van der Waals surface area contributed by atoms with Crippen molar-refractivity contribution in [1.82, 2.24) is 19.9 Å². The van der Waals surface area contributed by atoms with Gasteiger partial charge in [0.1, 0.15) is 0 Å². The van der Waals surface area contributed by atoms with E-state index in [2.05, 4.69) is 53.8 Å². The molecule has 114 valence electrons. The molecule has 1 aliphatic heterocycles. The maximum absolute atomic E-state index is 4.34. The predicted octanol–water partition coefficient (Wildman–Crippen LogP) is 3.16. The fraction of sp³-hybridized carbons (Fsp3) is 0.875. The van der Waals surface area contributed by atoms with Gasteiger partial charge in [0.15, 0.2) is 0 Å². The fourth-order valence-corrected chi connectivity index (χ4v) is 2.94. The van der Waals surface area contributed by atoms with E-state index in [0.29, 0.717) is 12.0 Å². The number of hydrogen-bond acceptors (Lipinski definition) is 3. The average molecular weight is 278 g/mol. The Kier molecular flexibility index (Phi) is 5.58. The van der Waals surface area contributed by atoms with Gasteiger partial charge in [-0.3, -0.25) is 0 Å². The molecule has 0 spiro atoms. The van der Waals surface area contributed by atoms with Gasteiger partial charge in [-0.2, -0.15) is 0 Å². The molecule has 0 amide bonds. The van der Waals surface area contributed by atoms with Crippen LogP contribution in [-0.2, 0) is 6.42 Å². The van der Waals surface area contributed by atoms with Crippen LogP contribution in [0.1, 0.15) is 58.7 Å². The largest absolute Gasteiger partial charge is 0.303 e. The SMILES string of the molecule is CC[C@@H](C)CN1CCC(n2cc(CC(C)C)nn2)CC1. The zero-order valence-electron chi connectivity index (χ0n) is 13.5. The van der Waals surface area contributed by atoms with Crippen LogP contribution in [0, 0.1) is 11.8 Å². The van der Waals surface area contributed by atoms with Crippen molar-refractivity contribution in [3.63, 3.8) is 0 Å². The van der Waals surface area contributed by atoms with Gasteiger partial charge in [0.2, 0.25) is 0 Å². The molecule has 1 aromatic heterocycles. The van der Waals surface area contributed by atoms with Crippen LogP contribution in [0.15, 0.2) is 6.20 Å². The molecule has 1 saturated heterocycles. The van der Waals surface area contributed by atoms with E-state index >= 15 is 0 Å². The van der Waals surface area contributed by atoms with Crippen LogP contribution in [0.2, 0.25) is 0 Å².